The predicted molar refractivity (Wildman–Crippen MR) is 49.3 cm³/mol. The zero-order valence-electron chi connectivity index (χ0n) is 10.1. The summed E-state index contributed by atoms with van der Waals surface area (Å²) in [7, 11) is 0. The maximum Gasteiger partial charge on any atom is 0.384 e. The molecule has 1 saturated heterocycles. The fourth-order valence-corrected chi connectivity index (χ4v) is 2.65. The maximum atomic E-state index is 13.5. The van der Waals surface area contributed by atoms with Crippen LogP contribution in [0.5, 0.6) is 0 Å². The van der Waals surface area contributed by atoms with Crippen LogP contribution in [0.2, 0.25) is 0 Å². The van der Waals surface area contributed by atoms with Crippen molar-refractivity contribution in [1.29, 1.82) is 0 Å². The first kappa shape index (κ1) is 16.6. The van der Waals surface area contributed by atoms with Crippen LogP contribution in [0.3, 0.4) is 0 Å². The van der Waals surface area contributed by atoms with Gasteiger partial charge in [-0.2, -0.15) is 43.9 Å². The zero-order valence-corrected chi connectivity index (χ0v) is 10.1. The Hall–Kier alpha value is -0.740. The number of halogens is 10. The highest BCUT2D eigenvalue weighted by Crippen LogP contribution is 2.65. The number of hydrogen-bond acceptors (Lipinski definition) is 1. The van der Waals surface area contributed by atoms with Crippen molar-refractivity contribution < 1.29 is 43.9 Å². The van der Waals surface area contributed by atoms with Crippen LogP contribution in [0, 0.1) is 0 Å². The van der Waals surface area contributed by atoms with Crippen molar-refractivity contribution in [3.63, 3.8) is 0 Å². The predicted octanol–water partition coefficient (Wildman–Crippen LogP) is 3.64. The molecule has 0 radical (unpaired) electrons. The van der Waals surface area contributed by atoms with Gasteiger partial charge in [0.05, 0.1) is 0 Å². The number of hydrogen-bond donors (Lipinski definition) is 0. The molecular formula is C10H9F10N. The molecule has 2 rings (SSSR count). The molecule has 0 N–H and O–H groups in total. The summed E-state index contributed by atoms with van der Waals surface area (Å²) in [6.07, 6.45) is 0.0758. The molecule has 1 heterocycles. The summed E-state index contributed by atoms with van der Waals surface area (Å²) in [5, 5.41) is 0. The van der Waals surface area contributed by atoms with Crippen LogP contribution in [0.25, 0.3) is 0 Å². The minimum absolute atomic E-state index is 0.0249. The first-order chi connectivity index (χ1) is 9.23. The first-order valence-corrected chi connectivity index (χ1v) is 5.86. The summed E-state index contributed by atoms with van der Waals surface area (Å²) in [5.74, 6) is -32.1. The normalized spacial score (nSPS) is 34.0. The van der Waals surface area contributed by atoms with E-state index in [1.807, 2.05) is 0 Å². The van der Waals surface area contributed by atoms with Gasteiger partial charge < -0.3 is 0 Å². The number of rotatable bonds is 1. The Morgan fingerprint density at radius 1 is 0.571 bits per heavy atom. The van der Waals surface area contributed by atoms with E-state index >= 15 is 0 Å². The first-order valence-electron chi connectivity index (χ1n) is 5.86. The lowest BCUT2D eigenvalue weighted by Gasteiger charge is -2.51. The molecule has 0 unspecified atom stereocenters. The topological polar surface area (TPSA) is 3.24 Å². The fraction of sp³-hybridized carbons (Fsp3) is 1.00. The van der Waals surface area contributed by atoms with Gasteiger partial charge in [0.1, 0.15) is 0 Å². The van der Waals surface area contributed by atoms with Gasteiger partial charge in [0.15, 0.2) is 6.04 Å². The maximum absolute atomic E-state index is 13.5. The van der Waals surface area contributed by atoms with Crippen LogP contribution in [-0.4, -0.2) is 53.6 Å². The van der Waals surface area contributed by atoms with Gasteiger partial charge in [-0.25, -0.2) is 0 Å². The smallest absolute Gasteiger partial charge is 0.289 e. The van der Waals surface area contributed by atoms with E-state index in [1.54, 1.807) is 0 Å². The van der Waals surface area contributed by atoms with Crippen LogP contribution >= 0.6 is 0 Å². The summed E-state index contributed by atoms with van der Waals surface area (Å²) in [6, 6.07) is -3.99. The van der Waals surface area contributed by atoms with Crippen molar-refractivity contribution in [2.75, 3.05) is 13.1 Å². The average molecular weight is 333 g/mol. The molecule has 124 valence electrons. The van der Waals surface area contributed by atoms with Crippen LogP contribution in [0.15, 0.2) is 0 Å². The molecule has 0 aromatic heterocycles. The highest BCUT2D eigenvalue weighted by atomic mass is 19.4. The van der Waals surface area contributed by atoms with Gasteiger partial charge in [-0.1, -0.05) is 0 Å². The highest BCUT2D eigenvalue weighted by molar-refractivity contribution is 5.22. The van der Waals surface area contributed by atoms with Crippen molar-refractivity contribution in [3.8, 4) is 0 Å². The fourth-order valence-electron chi connectivity index (χ4n) is 2.65. The number of nitrogens with zero attached hydrogens (tertiary/aromatic N) is 1. The Balaban J connectivity index is 2.64. The molecule has 0 spiro atoms. The minimum Gasteiger partial charge on any atom is -0.289 e. The summed E-state index contributed by atoms with van der Waals surface area (Å²) in [5.41, 5.74) is 0. The minimum atomic E-state index is -6.87. The highest BCUT2D eigenvalue weighted by Gasteiger charge is 2.95. The Morgan fingerprint density at radius 2 is 0.905 bits per heavy atom. The lowest BCUT2D eigenvalue weighted by molar-refractivity contribution is -0.460. The van der Waals surface area contributed by atoms with E-state index in [4.69, 9.17) is 0 Å². The van der Waals surface area contributed by atoms with E-state index < -0.39 is 48.7 Å². The molecule has 1 saturated carbocycles. The van der Waals surface area contributed by atoms with Crippen molar-refractivity contribution >= 4 is 0 Å². The summed E-state index contributed by atoms with van der Waals surface area (Å²) in [6.45, 7) is -1.15. The van der Waals surface area contributed by atoms with Gasteiger partial charge in [-0.05, 0) is 25.9 Å². The molecule has 0 amide bonds. The van der Waals surface area contributed by atoms with E-state index in [1.165, 1.54) is 0 Å². The van der Waals surface area contributed by atoms with Crippen molar-refractivity contribution in [1.82, 2.24) is 4.90 Å². The van der Waals surface area contributed by atoms with E-state index in [-0.39, 0.29) is 17.7 Å². The molecule has 0 bridgehead atoms. The van der Waals surface area contributed by atoms with Gasteiger partial charge in [0, 0.05) is 0 Å². The second-order valence-electron chi connectivity index (χ2n) is 5.11. The number of likely N-dealkylation sites (tertiary alicyclic amines) is 1. The van der Waals surface area contributed by atoms with Crippen molar-refractivity contribution in [2.24, 2.45) is 0 Å². The molecule has 21 heavy (non-hydrogen) atoms. The molecule has 1 nitrogen and oxygen atoms in total. The Morgan fingerprint density at radius 3 is 1.24 bits per heavy atom. The molecule has 1 aliphatic heterocycles. The van der Waals surface area contributed by atoms with Gasteiger partial charge in [0.2, 0.25) is 0 Å². The van der Waals surface area contributed by atoms with Gasteiger partial charge in [-0.3, -0.25) is 4.90 Å². The molecule has 2 fully saturated rings. The van der Waals surface area contributed by atoms with Crippen LogP contribution < -0.4 is 0 Å². The van der Waals surface area contributed by atoms with Crippen LogP contribution in [0.1, 0.15) is 12.8 Å². The quantitative estimate of drug-likeness (QED) is 0.662. The SMILES string of the molecule is FC1(F)C(N2CCCC2)C(F)(F)C(F)(F)C(F)(F)C1(F)F. The van der Waals surface area contributed by atoms with Gasteiger partial charge >= 0.3 is 29.6 Å². The van der Waals surface area contributed by atoms with Gasteiger partial charge in [0.25, 0.3) is 0 Å². The number of alkyl halides is 10. The summed E-state index contributed by atoms with van der Waals surface area (Å²) in [4.78, 5) is 0.0249. The monoisotopic (exact) mass is 333 g/mol. The standard InChI is InChI=1S/C10H9F10N/c11-6(12)5(21-3-1-2-4-21)7(13,14)9(17,18)10(19,20)8(6,15)16/h5H,1-4H2. The summed E-state index contributed by atoms with van der Waals surface area (Å²) < 4.78 is 133. The largest absolute Gasteiger partial charge is 0.384 e. The van der Waals surface area contributed by atoms with Crippen molar-refractivity contribution in [3.05, 3.63) is 0 Å². The molecule has 11 heteroatoms. The van der Waals surface area contributed by atoms with Gasteiger partial charge in [-0.15, -0.1) is 0 Å². The third kappa shape index (κ3) is 1.69. The van der Waals surface area contributed by atoms with E-state index in [9.17, 15) is 43.9 Å². The Kier molecular flexibility index (Phi) is 3.30. The second-order valence-corrected chi connectivity index (χ2v) is 5.11. The molecule has 1 aliphatic carbocycles. The second kappa shape index (κ2) is 4.17. The molecule has 0 aromatic rings. The Labute approximate surface area is 111 Å². The molecule has 0 aromatic carbocycles. The molecular weight excluding hydrogens is 324 g/mol. The van der Waals surface area contributed by atoms with Crippen molar-refractivity contribution in [2.45, 2.75) is 48.5 Å². The summed E-state index contributed by atoms with van der Waals surface area (Å²) >= 11 is 0. The molecule has 2 aliphatic rings. The van der Waals surface area contributed by atoms with Crippen LogP contribution in [-0.2, 0) is 0 Å². The molecule has 0 atom stereocenters. The van der Waals surface area contributed by atoms with Crippen LogP contribution in [0.4, 0.5) is 43.9 Å². The third-order valence-corrected chi connectivity index (χ3v) is 3.82. The lowest BCUT2D eigenvalue weighted by atomic mass is 9.78. The Bertz CT molecular complexity index is 396. The van der Waals surface area contributed by atoms with E-state index in [2.05, 4.69) is 0 Å². The average Bonchev–Trinajstić information content (AvgIpc) is 2.79. The third-order valence-electron chi connectivity index (χ3n) is 3.82. The lowest BCUT2D eigenvalue weighted by Crippen LogP contribution is -2.82. The zero-order chi connectivity index (χ0) is 16.5. The van der Waals surface area contributed by atoms with E-state index in [0.29, 0.717) is 0 Å². The van der Waals surface area contributed by atoms with E-state index in [0.717, 1.165) is 0 Å².